The molecule has 1 aliphatic carbocycles. The topological polar surface area (TPSA) is 101 Å². The molecule has 7 atom stereocenters. The Labute approximate surface area is 210 Å². The van der Waals surface area contributed by atoms with Crippen LogP contribution in [-0.2, 0) is 9.53 Å². The number of fused-ring (bicyclic) bond motifs is 3. The summed E-state index contributed by atoms with van der Waals surface area (Å²) in [6.45, 7) is 8.36. The molecule has 2 bridgehead atoms. The van der Waals surface area contributed by atoms with E-state index >= 15 is 0 Å². The van der Waals surface area contributed by atoms with Gasteiger partial charge in [0, 0.05) is 25.3 Å². The van der Waals surface area contributed by atoms with Crippen LogP contribution in [0.3, 0.4) is 0 Å². The number of amides is 1. The number of carbonyl (C=O) groups excluding carboxylic acids is 1. The van der Waals surface area contributed by atoms with Crippen LogP contribution in [0.25, 0.3) is 0 Å². The largest absolute Gasteiger partial charge is 0.496 e. The Balaban J connectivity index is 1.60. The van der Waals surface area contributed by atoms with Gasteiger partial charge in [0.2, 0.25) is 5.91 Å². The predicted molar refractivity (Wildman–Crippen MR) is 138 cm³/mol. The number of hydrogen-bond donors (Lipinski definition) is 4. The van der Waals surface area contributed by atoms with Gasteiger partial charge < -0.3 is 21.1 Å². The van der Waals surface area contributed by atoms with Crippen molar-refractivity contribution < 1.29 is 13.9 Å². The molecule has 7 unspecified atom stereocenters. The molecule has 0 radical (unpaired) electrons. The first-order valence-corrected chi connectivity index (χ1v) is 14.0. The summed E-state index contributed by atoms with van der Waals surface area (Å²) in [4.78, 5) is 18.5. The summed E-state index contributed by atoms with van der Waals surface area (Å²) in [6, 6.07) is -0.653. The van der Waals surface area contributed by atoms with Crippen molar-refractivity contribution in [3.63, 3.8) is 0 Å². The molecule has 0 aromatic rings. The molecule has 4 rings (SSSR count). The molecule has 0 aromatic heterocycles. The number of carbonyl (C=O) groups is 1. The molecule has 0 spiro atoms. The average Bonchev–Trinajstić information content (AvgIpc) is 3.34. The lowest BCUT2D eigenvalue weighted by Crippen LogP contribution is -2.58. The lowest BCUT2D eigenvalue weighted by Gasteiger charge is -2.42. The van der Waals surface area contributed by atoms with Gasteiger partial charge in [0.05, 0.1) is 30.8 Å². The molecule has 5 N–H and O–H groups in total. The van der Waals surface area contributed by atoms with Crippen LogP contribution in [0.5, 0.6) is 0 Å². The molecule has 4 aliphatic rings. The number of rotatable bonds is 8. The minimum absolute atomic E-state index is 0.0753. The lowest BCUT2D eigenvalue weighted by atomic mass is 9.68. The van der Waals surface area contributed by atoms with E-state index in [2.05, 4.69) is 34.8 Å². The maximum atomic E-state index is 14.8. The Morgan fingerprint density at radius 3 is 2.77 bits per heavy atom. The van der Waals surface area contributed by atoms with E-state index in [1.54, 1.807) is 0 Å². The second-order valence-electron chi connectivity index (χ2n) is 11.1. The van der Waals surface area contributed by atoms with Crippen molar-refractivity contribution >= 4 is 12.1 Å². The molecule has 3 aliphatic heterocycles. The van der Waals surface area contributed by atoms with Gasteiger partial charge in [0.15, 0.2) is 0 Å². The lowest BCUT2D eigenvalue weighted by molar-refractivity contribution is -0.127. The molecule has 0 aromatic carbocycles. The molecule has 1 saturated heterocycles. The Kier molecular flexibility index (Phi) is 8.87. The smallest absolute Gasteiger partial charge is 0.228 e. The van der Waals surface area contributed by atoms with Crippen LogP contribution < -0.4 is 21.7 Å². The van der Waals surface area contributed by atoms with Crippen LogP contribution in [0.2, 0.25) is 0 Å². The van der Waals surface area contributed by atoms with Gasteiger partial charge in [-0.05, 0) is 62.4 Å². The van der Waals surface area contributed by atoms with E-state index in [1.807, 2.05) is 6.92 Å². The highest BCUT2D eigenvalue weighted by molar-refractivity contribution is 5.81. The van der Waals surface area contributed by atoms with Crippen LogP contribution in [0.1, 0.15) is 78.6 Å². The number of nitrogens with one attached hydrogen (secondary N) is 3. The summed E-state index contributed by atoms with van der Waals surface area (Å²) in [6.07, 6.45) is 8.55. The molecule has 8 heteroatoms. The van der Waals surface area contributed by atoms with E-state index in [0.29, 0.717) is 25.5 Å². The maximum Gasteiger partial charge on any atom is 0.228 e. The highest BCUT2D eigenvalue weighted by Crippen LogP contribution is 2.44. The molecule has 7 nitrogen and oxygen atoms in total. The van der Waals surface area contributed by atoms with Crippen molar-refractivity contribution in [1.82, 2.24) is 16.0 Å². The number of aliphatic imine (C=N–C) groups is 1. The molecule has 1 saturated carbocycles. The van der Waals surface area contributed by atoms with Gasteiger partial charge in [-0.15, -0.1) is 0 Å². The fourth-order valence-electron chi connectivity index (χ4n) is 7.18. The number of alkyl halides is 1. The zero-order chi connectivity index (χ0) is 25.0. The first-order valence-electron chi connectivity index (χ1n) is 14.0. The summed E-state index contributed by atoms with van der Waals surface area (Å²) >= 11 is 0. The quantitative estimate of drug-likeness (QED) is 0.418. The Bertz CT molecular complexity index is 798. The molecule has 35 heavy (non-hydrogen) atoms. The monoisotopic (exact) mass is 491 g/mol. The standard InChI is InChI=1S/C27H46FN5O2/c1-4-11-27(5-2)13-20-23(25(29)33-22(27)12-18(28)14-31-20)26(34)32-21-16-30-15-19(24(21)35-6-3)17-9-7-8-10-17/h14,17-18,20-23,25,30,33H,4-13,15-16,29H2,1-3H3,(H,32,34). The van der Waals surface area contributed by atoms with E-state index < -0.39 is 18.3 Å². The second kappa shape index (κ2) is 11.7. The zero-order valence-corrected chi connectivity index (χ0v) is 21.8. The summed E-state index contributed by atoms with van der Waals surface area (Å²) in [5.41, 5.74) is 7.85. The first-order chi connectivity index (χ1) is 16.9. The fourth-order valence-corrected chi connectivity index (χ4v) is 7.18. The number of ether oxygens (including phenoxy) is 1. The van der Waals surface area contributed by atoms with Crippen molar-refractivity contribution in [2.75, 3.05) is 19.7 Å². The second-order valence-corrected chi connectivity index (χ2v) is 11.1. The number of halogens is 1. The van der Waals surface area contributed by atoms with Crippen LogP contribution in [0.4, 0.5) is 4.39 Å². The van der Waals surface area contributed by atoms with Crippen LogP contribution in [0.15, 0.2) is 16.3 Å². The van der Waals surface area contributed by atoms with Crippen LogP contribution in [0, 0.1) is 17.3 Å². The Hall–Kier alpha value is -1.51. The van der Waals surface area contributed by atoms with E-state index in [9.17, 15) is 9.18 Å². The zero-order valence-electron chi connectivity index (χ0n) is 21.8. The minimum atomic E-state index is -1.13. The Morgan fingerprint density at radius 1 is 1.31 bits per heavy atom. The number of nitrogens with zero attached hydrogens (tertiary/aromatic N) is 1. The van der Waals surface area contributed by atoms with Gasteiger partial charge in [-0.2, -0.15) is 0 Å². The van der Waals surface area contributed by atoms with E-state index in [0.717, 1.165) is 38.0 Å². The molecular formula is C27H46FN5O2. The third-order valence-electron chi connectivity index (χ3n) is 8.97. The van der Waals surface area contributed by atoms with Crippen LogP contribution >= 0.6 is 0 Å². The van der Waals surface area contributed by atoms with Gasteiger partial charge in [-0.1, -0.05) is 33.1 Å². The molecule has 1 amide bonds. The SMILES string of the molecule is CCCC1(CC)CC2N=CC(F)CC1NC(N)C2C(=O)NC1CNCC(C2CCCC2)=C1OCC. The summed E-state index contributed by atoms with van der Waals surface area (Å²) in [7, 11) is 0. The van der Waals surface area contributed by atoms with E-state index in [1.165, 1.54) is 37.5 Å². The molecular weight excluding hydrogens is 445 g/mol. The van der Waals surface area contributed by atoms with Gasteiger partial charge in [-0.3, -0.25) is 15.1 Å². The maximum absolute atomic E-state index is 14.8. The van der Waals surface area contributed by atoms with Crippen molar-refractivity contribution in [2.45, 2.75) is 109 Å². The third kappa shape index (κ3) is 5.59. The predicted octanol–water partition coefficient (Wildman–Crippen LogP) is 3.20. The summed E-state index contributed by atoms with van der Waals surface area (Å²) < 4.78 is 20.9. The van der Waals surface area contributed by atoms with E-state index in [4.69, 9.17) is 10.5 Å². The normalized spacial score (nSPS) is 38.2. The third-order valence-corrected chi connectivity index (χ3v) is 8.97. The Morgan fingerprint density at radius 2 is 2.09 bits per heavy atom. The number of hydrogen-bond acceptors (Lipinski definition) is 6. The highest BCUT2D eigenvalue weighted by atomic mass is 19.1. The fraction of sp³-hybridized carbons (Fsp3) is 0.852. The van der Waals surface area contributed by atoms with Crippen molar-refractivity contribution in [3.8, 4) is 0 Å². The minimum Gasteiger partial charge on any atom is -0.496 e. The van der Waals surface area contributed by atoms with E-state index in [-0.39, 0.29) is 29.4 Å². The average molecular weight is 492 g/mol. The van der Waals surface area contributed by atoms with Crippen molar-refractivity contribution in [1.29, 1.82) is 0 Å². The van der Waals surface area contributed by atoms with Gasteiger partial charge in [-0.25, -0.2) is 4.39 Å². The van der Waals surface area contributed by atoms with Crippen molar-refractivity contribution in [3.05, 3.63) is 11.3 Å². The van der Waals surface area contributed by atoms with Crippen molar-refractivity contribution in [2.24, 2.45) is 28.0 Å². The first kappa shape index (κ1) is 26.6. The molecule has 198 valence electrons. The summed E-state index contributed by atoms with van der Waals surface area (Å²) in [5, 5.41) is 10.3. The van der Waals surface area contributed by atoms with Crippen LogP contribution in [-0.4, -0.2) is 62.3 Å². The summed E-state index contributed by atoms with van der Waals surface area (Å²) in [5.74, 6) is 0.771. The van der Waals surface area contributed by atoms with Gasteiger partial charge in [0.1, 0.15) is 11.9 Å². The highest BCUT2D eigenvalue weighted by Gasteiger charge is 2.49. The molecule has 3 heterocycles. The van der Waals surface area contributed by atoms with Gasteiger partial charge in [0.25, 0.3) is 0 Å². The molecule has 2 fully saturated rings. The van der Waals surface area contributed by atoms with Gasteiger partial charge >= 0.3 is 0 Å². The number of nitrogens with two attached hydrogens (primary N) is 1.